The first-order chi connectivity index (χ1) is 13.0. The second-order valence-corrected chi connectivity index (χ2v) is 14.4. The number of nitrogens with two attached hydrogens (primary N) is 1. The van der Waals surface area contributed by atoms with Gasteiger partial charge in [0.2, 0.25) is 0 Å². The summed E-state index contributed by atoms with van der Waals surface area (Å²) in [7, 11) is -2.40. The van der Waals surface area contributed by atoms with Crippen LogP contribution in [0.3, 0.4) is 0 Å². The fraction of sp³-hybridized carbons (Fsp3) is 0.478. The molecule has 0 saturated carbocycles. The SMILES string of the molecule is CC(C)(C)[Si](OC[C@@H]1CCC(CCN)S1)(c1ccccc1)c1ccccc1. The maximum absolute atomic E-state index is 7.06. The Kier molecular flexibility index (Phi) is 6.85. The average Bonchev–Trinajstić information content (AvgIpc) is 3.11. The molecule has 0 spiro atoms. The summed E-state index contributed by atoms with van der Waals surface area (Å²) in [6, 6.07) is 21.9. The summed E-state index contributed by atoms with van der Waals surface area (Å²) in [6.45, 7) is 8.66. The second-order valence-electron chi connectivity index (χ2n) is 8.51. The van der Waals surface area contributed by atoms with Crippen LogP contribution in [0.15, 0.2) is 60.7 Å². The highest BCUT2D eigenvalue weighted by atomic mass is 32.2. The van der Waals surface area contributed by atoms with Crippen molar-refractivity contribution in [1.82, 2.24) is 0 Å². The number of hydrogen-bond acceptors (Lipinski definition) is 3. The van der Waals surface area contributed by atoms with Crippen LogP contribution in [0.2, 0.25) is 5.04 Å². The molecule has 2 aromatic carbocycles. The fourth-order valence-electron chi connectivity index (χ4n) is 4.28. The highest BCUT2D eigenvalue weighted by Gasteiger charge is 2.50. The molecular weight excluding hydrogens is 366 g/mol. The van der Waals surface area contributed by atoms with Crippen LogP contribution in [0.25, 0.3) is 0 Å². The molecule has 2 N–H and O–H groups in total. The van der Waals surface area contributed by atoms with Crippen molar-refractivity contribution >= 4 is 30.5 Å². The first kappa shape index (κ1) is 20.7. The van der Waals surface area contributed by atoms with Gasteiger partial charge in [-0.15, -0.1) is 0 Å². The Bertz CT molecular complexity index is 662. The molecular formula is C23H33NOSSi. The first-order valence-electron chi connectivity index (χ1n) is 10.1. The van der Waals surface area contributed by atoms with Crippen LogP contribution in [0.4, 0.5) is 0 Å². The van der Waals surface area contributed by atoms with Crippen LogP contribution in [0.1, 0.15) is 40.0 Å². The predicted molar refractivity (Wildman–Crippen MR) is 122 cm³/mol. The van der Waals surface area contributed by atoms with Gasteiger partial charge in [-0.05, 0) is 41.2 Å². The Morgan fingerprint density at radius 2 is 1.44 bits per heavy atom. The van der Waals surface area contributed by atoms with Crippen molar-refractivity contribution in [2.24, 2.45) is 5.73 Å². The van der Waals surface area contributed by atoms with E-state index >= 15 is 0 Å². The number of hydrogen-bond donors (Lipinski definition) is 1. The molecule has 1 unspecified atom stereocenters. The number of rotatable bonds is 7. The minimum Gasteiger partial charge on any atom is -0.406 e. The Balaban J connectivity index is 1.93. The molecule has 0 aromatic heterocycles. The molecule has 0 bridgehead atoms. The van der Waals surface area contributed by atoms with E-state index in [0.717, 1.165) is 19.6 Å². The molecule has 1 heterocycles. The van der Waals surface area contributed by atoms with Crippen molar-refractivity contribution in [1.29, 1.82) is 0 Å². The van der Waals surface area contributed by atoms with Crippen molar-refractivity contribution in [3.8, 4) is 0 Å². The lowest BCUT2D eigenvalue weighted by Crippen LogP contribution is -2.67. The zero-order valence-electron chi connectivity index (χ0n) is 16.9. The summed E-state index contributed by atoms with van der Waals surface area (Å²) in [5.41, 5.74) is 5.77. The lowest BCUT2D eigenvalue weighted by Gasteiger charge is -2.43. The Hall–Kier alpha value is -1.07. The van der Waals surface area contributed by atoms with Gasteiger partial charge in [0.1, 0.15) is 0 Å². The molecule has 1 aliphatic rings. The van der Waals surface area contributed by atoms with Gasteiger partial charge in [-0.1, -0.05) is 81.4 Å². The zero-order valence-corrected chi connectivity index (χ0v) is 18.7. The molecule has 2 atom stereocenters. The maximum atomic E-state index is 7.06. The van der Waals surface area contributed by atoms with Crippen LogP contribution in [0.5, 0.6) is 0 Å². The zero-order chi connectivity index (χ0) is 19.3. The summed E-state index contributed by atoms with van der Waals surface area (Å²) in [5, 5.41) is 4.08. The lowest BCUT2D eigenvalue weighted by atomic mass is 10.1. The van der Waals surface area contributed by atoms with Gasteiger partial charge >= 0.3 is 0 Å². The summed E-state index contributed by atoms with van der Waals surface area (Å²) < 4.78 is 7.06. The normalized spacial score (nSPS) is 20.7. The molecule has 146 valence electrons. The van der Waals surface area contributed by atoms with Crippen molar-refractivity contribution in [2.75, 3.05) is 13.2 Å². The third kappa shape index (κ3) is 4.51. The fourth-order valence-corrected chi connectivity index (χ4v) is 10.5. The Morgan fingerprint density at radius 3 is 1.93 bits per heavy atom. The van der Waals surface area contributed by atoms with Gasteiger partial charge < -0.3 is 10.2 Å². The second kappa shape index (κ2) is 8.95. The molecule has 3 rings (SSSR count). The van der Waals surface area contributed by atoms with Crippen LogP contribution < -0.4 is 16.1 Å². The van der Waals surface area contributed by atoms with Crippen LogP contribution in [-0.2, 0) is 4.43 Å². The van der Waals surface area contributed by atoms with Crippen LogP contribution in [-0.4, -0.2) is 32.0 Å². The molecule has 1 fully saturated rings. The van der Waals surface area contributed by atoms with E-state index in [1.54, 1.807) is 0 Å². The molecule has 2 aromatic rings. The number of benzene rings is 2. The molecule has 0 amide bonds. The van der Waals surface area contributed by atoms with E-state index in [-0.39, 0.29) is 5.04 Å². The topological polar surface area (TPSA) is 35.2 Å². The van der Waals surface area contributed by atoms with Gasteiger partial charge in [-0.25, -0.2) is 0 Å². The molecule has 0 aliphatic carbocycles. The van der Waals surface area contributed by atoms with E-state index in [1.165, 1.54) is 23.2 Å². The highest BCUT2D eigenvalue weighted by molar-refractivity contribution is 8.00. The lowest BCUT2D eigenvalue weighted by molar-refractivity contribution is 0.295. The monoisotopic (exact) mass is 399 g/mol. The molecule has 2 nitrogen and oxygen atoms in total. The summed E-state index contributed by atoms with van der Waals surface area (Å²) in [5.74, 6) is 0. The van der Waals surface area contributed by atoms with E-state index in [2.05, 4.69) is 93.2 Å². The third-order valence-corrected chi connectivity index (χ3v) is 12.2. The molecule has 27 heavy (non-hydrogen) atoms. The minimum atomic E-state index is -2.40. The quantitative estimate of drug-likeness (QED) is 0.710. The van der Waals surface area contributed by atoms with Gasteiger partial charge in [-0.2, -0.15) is 11.8 Å². The molecule has 1 saturated heterocycles. The summed E-state index contributed by atoms with van der Waals surface area (Å²) >= 11 is 2.09. The van der Waals surface area contributed by atoms with E-state index in [0.29, 0.717) is 10.5 Å². The summed E-state index contributed by atoms with van der Waals surface area (Å²) in [4.78, 5) is 0. The Labute approximate surface area is 170 Å². The first-order valence-corrected chi connectivity index (χ1v) is 12.9. The summed E-state index contributed by atoms with van der Waals surface area (Å²) in [6.07, 6.45) is 3.64. The third-order valence-electron chi connectivity index (χ3n) is 5.59. The van der Waals surface area contributed by atoms with Gasteiger partial charge in [0, 0.05) is 17.1 Å². The largest absolute Gasteiger partial charge is 0.406 e. The van der Waals surface area contributed by atoms with Crippen molar-refractivity contribution in [3.05, 3.63) is 60.7 Å². The van der Waals surface area contributed by atoms with Crippen molar-refractivity contribution in [2.45, 2.75) is 55.6 Å². The van der Waals surface area contributed by atoms with Gasteiger partial charge in [0.05, 0.1) is 0 Å². The molecule has 4 heteroatoms. The average molecular weight is 400 g/mol. The van der Waals surface area contributed by atoms with E-state index in [9.17, 15) is 0 Å². The molecule has 0 radical (unpaired) electrons. The van der Waals surface area contributed by atoms with E-state index < -0.39 is 8.32 Å². The predicted octanol–water partition coefficient (Wildman–Crippen LogP) is 4.18. The number of thioether (sulfide) groups is 1. The minimum absolute atomic E-state index is 0.0512. The van der Waals surface area contributed by atoms with Gasteiger partial charge in [0.15, 0.2) is 0 Å². The maximum Gasteiger partial charge on any atom is 0.261 e. The van der Waals surface area contributed by atoms with Crippen LogP contribution >= 0.6 is 11.8 Å². The van der Waals surface area contributed by atoms with E-state index in [1.807, 2.05) is 0 Å². The highest BCUT2D eigenvalue weighted by Crippen LogP contribution is 2.40. The molecule has 1 aliphatic heterocycles. The van der Waals surface area contributed by atoms with Crippen molar-refractivity contribution < 1.29 is 4.43 Å². The van der Waals surface area contributed by atoms with Gasteiger partial charge in [0.25, 0.3) is 8.32 Å². The standard InChI is InChI=1S/C23H33NOSSi/c1-23(2,3)27(21-10-6-4-7-11-21,22-12-8-5-9-13-22)25-18-20-15-14-19(26-20)16-17-24/h4-13,19-20H,14-18,24H2,1-3H3/t19?,20-/m0/s1. The Morgan fingerprint density at radius 1 is 0.926 bits per heavy atom. The van der Waals surface area contributed by atoms with E-state index in [4.69, 9.17) is 10.2 Å². The van der Waals surface area contributed by atoms with Gasteiger partial charge in [-0.3, -0.25) is 0 Å². The van der Waals surface area contributed by atoms with Crippen LogP contribution in [0, 0.1) is 0 Å². The van der Waals surface area contributed by atoms with Crippen molar-refractivity contribution in [3.63, 3.8) is 0 Å². The smallest absolute Gasteiger partial charge is 0.261 e.